The van der Waals surface area contributed by atoms with E-state index in [0.717, 1.165) is 29.7 Å². The number of furan rings is 1. The van der Waals surface area contributed by atoms with Crippen molar-refractivity contribution in [1.82, 2.24) is 15.1 Å². The molecule has 0 bridgehead atoms. The van der Waals surface area contributed by atoms with E-state index < -0.39 is 17.5 Å². The Morgan fingerprint density at radius 2 is 1.97 bits per heavy atom. The van der Waals surface area contributed by atoms with E-state index in [1.807, 2.05) is 18.2 Å². The molecule has 4 amide bonds. The number of fused-ring (bicyclic) bond motifs is 1. The van der Waals surface area contributed by atoms with Crippen molar-refractivity contribution in [3.05, 3.63) is 47.9 Å². The Balaban J connectivity index is 1.33. The fourth-order valence-corrected chi connectivity index (χ4v) is 4.60. The van der Waals surface area contributed by atoms with Crippen molar-refractivity contribution in [3.63, 3.8) is 0 Å². The Labute approximate surface area is 185 Å². The summed E-state index contributed by atoms with van der Waals surface area (Å²) in [6.07, 6.45) is 3.91. The van der Waals surface area contributed by atoms with Crippen LogP contribution in [0.4, 0.5) is 4.79 Å². The number of benzene rings is 1. The van der Waals surface area contributed by atoms with Crippen LogP contribution in [0.3, 0.4) is 0 Å². The van der Waals surface area contributed by atoms with E-state index in [9.17, 15) is 14.4 Å². The van der Waals surface area contributed by atoms with Crippen molar-refractivity contribution in [1.29, 1.82) is 0 Å². The molecule has 2 fully saturated rings. The lowest BCUT2D eigenvalue weighted by molar-refractivity contribution is -0.139. The van der Waals surface area contributed by atoms with Gasteiger partial charge in [-0.2, -0.15) is 0 Å². The zero-order valence-electron chi connectivity index (χ0n) is 17.8. The molecule has 168 valence electrons. The summed E-state index contributed by atoms with van der Waals surface area (Å²) in [5.41, 5.74) is -0.364. The average Bonchev–Trinajstić information content (AvgIpc) is 3.49. The molecule has 0 spiro atoms. The summed E-state index contributed by atoms with van der Waals surface area (Å²) >= 11 is 0. The number of imide groups is 1. The fourth-order valence-electron chi connectivity index (χ4n) is 4.60. The molecule has 3 aliphatic heterocycles. The van der Waals surface area contributed by atoms with Crippen LogP contribution in [0, 0.1) is 0 Å². The first-order valence-corrected chi connectivity index (χ1v) is 10.8. The van der Waals surface area contributed by atoms with Crippen molar-refractivity contribution in [2.24, 2.45) is 0 Å². The number of amides is 4. The molecule has 9 heteroatoms. The molecule has 9 nitrogen and oxygen atoms in total. The van der Waals surface area contributed by atoms with E-state index in [1.54, 1.807) is 24.0 Å². The molecule has 32 heavy (non-hydrogen) atoms. The van der Waals surface area contributed by atoms with Gasteiger partial charge in [0, 0.05) is 13.0 Å². The van der Waals surface area contributed by atoms with Gasteiger partial charge in [-0.05, 0) is 49.6 Å². The lowest BCUT2D eigenvalue weighted by atomic mass is 9.99. The van der Waals surface area contributed by atoms with E-state index in [-0.39, 0.29) is 18.5 Å². The Bertz CT molecular complexity index is 1050. The van der Waals surface area contributed by atoms with Crippen molar-refractivity contribution in [3.8, 4) is 11.5 Å². The number of hydrogen-bond donors (Lipinski definition) is 1. The summed E-state index contributed by atoms with van der Waals surface area (Å²) in [5.74, 6) is 0.947. The highest BCUT2D eigenvalue weighted by Gasteiger charge is 2.52. The van der Waals surface area contributed by atoms with Crippen LogP contribution >= 0.6 is 0 Å². The number of ether oxygens (including phenoxy) is 2. The summed E-state index contributed by atoms with van der Waals surface area (Å²) in [7, 11) is 0. The highest BCUT2D eigenvalue weighted by molar-refractivity contribution is 6.08. The number of carbonyl (C=O) groups is 3. The monoisotopic (exact) mass is 439 g/mol. The second-order valence-corrected chi connectivity index (χ2v) is 8.43. The fraction of sp³-hybridized carbons (Fsp3) is 0.435. The zero-order chi connectivity index (χ0) is 22.3. The largest absolute Gasteiger partial charge is 0.490 e. The third-order valence-corrected chi connectivity index (χ3v) is 6.31. The summed E-state index contributed by atoms with van der Waals surface area (Å²) in [6.45, 7) is 3.03. The molecule has 5 rings (SSSR count). The Morgan fingerprint density at radius 3 is 2.75 bits per heavy atom. The first-order valence-electron chi connectivity index (χ1n) is 10.8. The molecule has 3 aliphatic rings. The predicted molar refractivity (Wildman–Crippen MR) is 112 cm³/mol. The van der Waals surface area contributed by atoms with Crippen LogP contribution in [0.5, 0.6) is 11.5 Å². The van der Waals surface area contributed by atoms with Crippen LogP contribution in [0.25, 0.3) is 0 Å². The standard InChI is InChI=1S/C23H25N3O6/c1-23(19-6-3-10-32-19)21(28)26(22(29)24-23)14-20(27)25-9-2-5-16(25)15-7-8-17-18(13-15)31-12-4-11-30-17/h3,6-8,10,13,16H,2,4-5,9,11-12,14H2,1H3,(H,24,29)/t16-,23+/m1/s1. The second-order valence-electron chi connectivity index (χ2n) is 8.43. The smallest absolute Gasteiger partial charge is 0.325 e. The van der Waals surface area contributed by atoms with Gasteiger partial charge >= 0.3 is 6.03 Å². The highest BCUT2D eigenvalue weighted by atomic mass is 16.5. The predicted octanol–water partition coefficient (Wildman–Crippen LogP) is 2.57. The minimum absolute atomic E-state index is 0.142. The van der Waals surface area contributed by atoms with E-state index in [4.69, 9.17) is 13.9 Å². The third kappa shape index (κ3) is 3.37. The maximum Gasteiger partial charge on any atom is 0.325 e. The van der Waals surface area contributed by atoms with Gasteiger partial charge in [0.25, 0.3) is 5.91 Å². The highest BCUT2D eigenvalue weighted by Crippen LogP contribution is 2.38. The molecule has 0 saturated carbocycles. The topological polar surface area (TPSA) is 101 Å². The second kappa shape index (κ2) is 7.89. The number of likely N-dealkylation sites (tertiary alicyclic amines) is 1. The summed E-state index contributed by atoms with van der Waals surface area (Å²) in [5, 5.41) is 2.65. The lowest BCUT2D eigenvalue weighted by Crippen LogP contribution is -2.44. The number of hydrogen-bond acceptors (Lipinski definition) is 6. The van der Waals surface area contributed by atoms with Gasteiger partial charge in [0.2, 0.25) is 5.91 Å². The third-order valence-electron chi connectivity index (χ3n) is 6.31. The number of carbonyl (C=O) groups excluding carboxylic acids is 3. The Hall–Kier alpha value is -3.49. The van der Waals surface area contributed by atoms with Gasteiger partial charge < -0.3 is 24.1 Å². The van der Waals surface area contributed by atoms with Gasteiger partial charge in [-0.25, -0.2) is 4.79 Å². The molecule has 0 aliphatic carbocycles. The molecule has 2 saturated heterocycles. The minimum atomic E-state index is -1.32. The van der Waals surface area contributed by atoms with Gasteiger partial charge in [0.1, 0.15) is 12.3 Å². The van der Waals surface area contributed by atoms with Crippen LogP contribution < -0.4 is 14.8 Å². The average molecular weight is 439 g/mol. The van der Waals surface area contributed by atoms with Gasteiger partial charge in [-0.15, -0.1) is 0 Å². The van der Waals surface area contributed by atoms with E-state index in [1.165, 1.54) is 6.26 Å². The van der Waals surface area contributed by atoms with E-state index in [0.29, 0.717) is 37.0 Å². The molecule has 0 radical (unpaired) electrons. The SMILES string of the molecule is C[C@@]1(c2ccco2)NC(=O)N(CC(=O)N2CCC[C@@H]2c2ccc3c(c2)OCCCO3)C1=O. The maximum absolute atomic E-state index is 13.2. The lowest BCUT2D eigenvalue weighted by Gasteiger charge is -2.27. The van der Waals surface area contributed by atoms with Crippen LogP contribution in [-0.4, -0.2) is 53.9 Å². The summed E-state index contributed by atoms with van der Waals surface area (Å²) < 4.78 is 16.8. The molecule has 2 aromatic rings. The summed E-state index contributed by atoms with van der Waals surface area (Å²) in [6, 6.07) is 8.29. The van der Waals surface area contributed by atoms with Gasteiger partial charge in [0.15, 0.2) is 17.0 Å². The minimum Gasteiger partial charge on any atom is -0.490 e. The molecule has 1 aromatic carbocycles. The summed E-state index contributed by atoms with van der Waals surface area (Å²) in [4.78, 5) is 41.4. The normalized spacial score (nSPS) is 25.1. The molecular weight excluding hydrogens is 414 g/mol. The first kappa shape index (κ1) is 20.4. The number of rotatable bonds is 4. The zero-order valence-corrected chi connectivity index (χ0v) is 17.8. The van der Waals surface area contributed by atoms with Crippen molar-refractivity contribution in [2.45, 2.75) is 37.8 Å². The van der Waals surface area contributed by atoms with Crippen molar-refractivity contribution >= 4 is 17.8 Å². The molecule has 4 heterocycles. The molecule has 1 aromatic heterocycles. The number of urea groups is 1. The maximum atomic E-state index is 13.2. The molecule has 2 atom stereocenters. The Kier molecular flexibility index (Phi) is 5.03. The number of nitrogens with zero attached hydrogens (tertiary/aromatic N) is 2. The van der Waals surface area contributed by atoms with Gasteiger partial charge in [-0.1, -0.05) is 6.07 Å². The Morgan fingerprint density at radius 1 is 1.16 bits per heavy atom. The molecular formula is C23H25N3O6. The van der Waals surface area contributed by atoms with Gasteiger partial charge in [0.05, 0.1) is 25.5 Å². The van der Waals surface area contributed by atoms with E-state index >= 15 is 0 Å². The van der Waals surface area contributed by atoms with Crippen LogP contribution in [0.1, 0.15) is 43.6 Å². The number of nitrogens with one attached hydrogen (secondary N) is 1. The van der Waals surface area contributed by atoms with Crippen molar-refractivity contribution < 1.29 is 28.3 Å². The first-order chi connectivity index (χ1) is 15.5. The van der Waals surface area contributed by atoms with Crippen LogP contribution in [-0.2, 0) is 15.1 Å². The van der Waals surface area contributed by atoms with E-state index in [2.05, 4.69) is 5.32 Å². The molecule has 1 N–H and O–H groups in total. The van der Waals surface area contributed by atoms with Crippen LogP contribution in [0.15, 0.2) is 41.0 Å². The molecule has 0 unspecified atom stereocenters. The quantitative estimate of drug-likeness (QED) is 0.735. The van der Waals surface area contributed by atoms with Crippen molar-refractivity contribution in [2.75, 3.05) is 26.3 Å². The van der Waals surface area contributed by atoms with Crippen LogP contribution in [0.2, 0.25) is 0 Å². The van der Waals surface area contributed by atoms with Gasteiger partial charge in [-0.3, -0.25) is 14.5 Å².